The molecule has 0 N–H and O–H groups in total. The highest BCUT2D eigenvalue weighted by atomic mass is 15.0. The third-order valence-electron chi connectivity index (χ3n) is 6.96. The van der Waals surface area contributed by atoms with Gasteiger partial charge in [0.05, 0.1) is 35.8 Å². The van der Waals surface area contributed by atoms with Gasteiger partial charge in [-0.15, -0.1) is 0 Å². The van der Waals surface area contributed by atoms with Crippen LogP contribution >= 0.6 is 0 Å². The number of aromatic nitrogens is 2. The molecule has 8 aromatic rings. The van der Waals surface area contributed by atoms with Crippen molar-refractivity contribution in [2.45, 2.75) is 0 Å². The van der Waals surface area contributed by atoms with Crippen LogP contribution in [0.5, 0.6) is 0 Å². The van der Waals surface area contributed by atoms with E-state index in [1.165, 1.54) is 16.7 Å². The summed E-state index contributed by atoms with van der Waals surface area (Å²) >= 11 is 0. The van der Waals surface area contributed by atoms with Crippen molar-refractivity contribution in [1.82, 2.24) is 9.13 Å². The number of fused-ring (bicyclic) bond motifs is 6. The van der Waals surface area contributed by atoms with Crippen LogP contribution in [0.3, 0.4) is 0 Å². The summed E-state index contributed by atoms with van der Waals surface area (Å²) in [7, 11) is 0. The highest BCUT2D eigenvalue weighted by Gasteiger charge is 2.16. The zero-order valence-electron chi connectivity index (χ0n) is 30.0. The molecule has 2 heteroatoms. The van der Waals surface area contributed by atoms with Gasteiger partial charge in [0.25, 0.3) is 0 Å². The zero-order chi connectivity index (χ0) is 33.8. The molecule has 178 valence electrons. The van der Waals surface area contributed by atoms with E-state index in [9.17, 15) is 4.11 Å². The second kappa shape index (κ2) is 8.22. The zero-order valence-corrected chi connectivity index (χ0v) is 20.0. The molecule has 0 aliphatic heterocycles. The van der Waals surface area contributed by atoms with Crippen molar-refractivity contribution in [3.05, 3.63) is 145 Å². The molecule has 0 aliphatic rings. The van der Waals surface area contributed by atoms with E-state index in [1.807, 2.05) is 48.5 Å². The largest absolute Gasteiger partial charge is 0.309 e. The normalized spacial score (nSPS) is 15.4. The topological polar surface area (TPSA) is 9.86 Å². The summed E-state index contributed by atoms with van der Waals surface area (Å²) in [5, 5.41) is 2.03. The number of rotatable bonds is 3. The monoisotopic (exact) mass is 494 g/mol. The van der Waals surface area contributed by atoms with Crippen molar-refractivity contribution in [3.8, 4) is 22.5 Å². The van der Waals surface area contributed by atoms with Gasteiger partial charge in [0.2, 0.25) is 0 Å². The maximum Gasteiger partial charge on any atom is 0.0652 e. The predicted molar refractivity (Wildman–Crippen MR) is 161 cm³/mol. The van der Waals surface area contributed by atoms with Crippen LogP contribution in [0.4, 0.5) is 0 Å². The van der Waals surface area contributed by atoms with Crippen LogP contribution in [0.25, 0.3) is 66.1 Å². The van der Waals surface area contributed by atoms with Crippen molar-refractivity contribution in [3.63, 3.8) is 0 Å². The van der Waals surface area contributed by atoms with Crippen LogP contribution in [-0.2, 0) is 0 Å². The van der Waals surface area contributed by atoms with Crippen LogP contribution in [-0.4, -0.2) is 9.13 Å². The number of para-hydroxylation sites is 3. The molecule has 0 atom stereocenters. The lowest BCUT2D eigenvalue weighted by Crippen LogP contribution is -1.95. The Kier molecular flexibility index (Phi) is 2.91. The maximum absolute atomic E-state index is 9.62. The van der Waals surface area contributed by atoms with Gasteiger partial charge >= 0.3 is 0 Å². The predicted octanol–water partition coefficient (Wildman–Crippen LogP) is 9.55. The summed E-state index contributed by atoms with van der Waals surface area (Å²) < 4.78 is 91.1. The Morgan fingerprint density at radius 3 is 1.76 bits per heavy atom. The van der Waals surface area contributed by atoms with E-state index < -0.39 is 12.1 Å². The van der Waals surface area contributed by atoms with Gasteiger partial charge in [0.15, 0.2) is 0 Å². The molecule has 2 nitrogen and oxygen atoms in total. The lowest BCUT2D eigenvalue weighted by molar-refractivity contribution is 1.17. The summed E-state index contributed by atoms with van der Waals surface area (Å²) in [4.78, 5) is 0. The Hall–Kier alpha value is -5.08. The van der Waals surface area contributed by atoms with Crippen molar-refractivity contribution < 1.29 is 13.7 Å². The quantitative estimate of drug-likeness (QED) is 0.231. The summed E-state index contributed by atoms with van der Waals surface area (Å²) in [5.74, 6) is 0. The van der Waals surface area contributed by atoms with Crippen LogP contribution in [0, 0.1) is 0 Å². The first-order chi connectivity index (χ1) is 23.0. The molecule has 0 amide bonds. The Bertz CT molecular complexity index is 2600. The number of nitrogens with zero attached hydrogens (tertiary/aromatic N) is 2. The van der Waals surface area contributed by atoms with Gasteiger partial charge in [0, 0.05) is 32.9 Å². The fourth-order valence-electron chi connectivity index (χ4n) is 5.29. The fourth-order valence-corrected chi connectivity index (χ4v) is 5.29. The van der Waals surface area contributed by atoms with E-state index in [0.29, 0.717) is 16.8 Å². The van der Waals surface area contributed by atoms with Gasteiger partial charge in [-0.3, -0.25) is 0 Å². The molecule has 8 rings (SSSR count). The summed E-state index contributed by atoms with van der Waals surface area (Å²) in [5.41, 5.74) is 3.07. The van der Waals surface area contributed by atoms with Gasteiger partial charge in [0.1, 0.15) is 0 Å². The SMILES string of the molecule is [2H]c1cc([2H])c(-c2ccc(-n3c4c([2H])c([2H])c([2H])c([2H])c4c4c([2H])c(-n5c6ccccc6c6ccccc65)c([2H])c([2H])c43)cc2)c([2H])c1. The van der Waals surface area contributed by atoms with Crippen LogP contribution in [0.2, 0.25) is 0 Å². The molecule has 0 aliphatic carbocycles. The van der Waals surface area contributed by atoms with Crippen LogP contribution in [0.15, 0.2) is 145 Å². The lowest BCUT2D eigenvalue weighted by atomic mass is 10.1. The number of benzene rings is 6. The molecule has 2 heterocycles. The highest BCUT2D eigenvalue weighted by molar-refractivity contribution is 6.12. The third-order valence-corrected chi connectivity index (χ3v) is 6.96. The molecule has 0 saturated carbocycles. The average Bonchev–Trinajstić information content (AvgIpc) is 3.60. The van der Waals surface area contributed by atoms with Crippen molar-refractivity contribution >= 4 is 43.6 Å². The molecule has 0 unspecified atom stereocenters. The molecular weight excluding hydrogens is 460 g/mol. The lowest BCUT2D eigenvalue weighted by Gasteiger charge is -2.11. The highest BCUT2D eigenvalue weighted by Crippen LogP contribution is 2.37. The Morgan fingerprint density at radius 2 is 1.03 bits per heavy atom. The number of hydrogen-bond acceptors (Lipinski definition) is 0. The van der Waals surface area contributed by atoms with E-state index in [1.54, 1.807) is 28.8 Å². The first kappa shape index (κ1) is 13.5. The van der Waals surface area contributed by atoms with Gasteiger partial charge in [-0.25, -0.2) is 0 Å². The molecule has 0 saturated heterocycles. The molecule has 0 fully saturated rings. The van der Waals surface area contributed by atoms with E-state index in [4.69, 9.17) is 9.60 Å². The van der Waals surface area contributed by atoms with Crippen molar-refractivity contribution in [2.24, 2.45) is 0 Å². The molecule has 6 aromatic carbocycles. The third kappa shape index (κ3) is 3.07. The fraction of sp³-hybridized carbons (Fsp3) is 0. The number of hydrogen-bond donors (Lipinski definition) is 0. The van der Waals surface area contributed by atoms with Gasteiger partial charge in [-0.2, -0.15) is 0 Å². The van der Waals surface area contributed by atoms with Gasteiger partial charge in [-0.1, -0.05) is 96.9 Å². The molecule has 0 radical (unpaired) electrons. The van der Waals surface area contributed by atoms with Crippen LogP contribution in [0.1, 0.15) is 13.7 Å². The van der Waals surface area contributed by atoms with Crippen molar-refractivity contribution in [2.75, 3.05) is 0 Å². The second-order valence-electron chi connectivity index (χ2n) is 9.04. The summed E-state index contributed by atoms with van der Waals surface area (Å²) in [6.45, 7) is 0. The standard InChI is InChI=1S/C36H24N2/c1-2-10-25(11-3-1)26-18-20-27(21-19-26)37-35-17-9-6-14-31(35)32-24-28(22-23-36(32)37)38-33-15-7-4-12-29(33)30-13-5-8-16-34(30)38/h1-24H/i1D,6D,9D,10D,11D,14D,17D,22D,23D,24D. The molecule has 0 spiro atoms. The Balaban J connectivity index is 1.50. The minimum absolute atomic E-state index is 0.0231. The first-order valence-corrected chi connectivity index (χ1v) is 12.2. The van der Waals surface area contributed by atoms with Gasteiger partial charge < -0.3 is 9.13 Å². The van der Waals surface area contributed by atoms with Gasteiger partial charge in [-0.05, 0) is 59.6 Å². The van der Waals surface area contributed by atoms with E-state index in [-0.39, 0.29) is 75.8 Å². The van der Waals surface area contributed by atoms with Crippen LogP contribution < -0.4 is 0 Å². The average molecular weight is 495 g/mol. The minimum atomic E-state index is -0.468. The second-order valence-corrected chi connectivity index (χ2v) is 9.04. The molecular formula is C36H24N2. The molecule has 2 aromatic heterocycles. The summed E-state index contributed by atoms with van der Waals surface area (Å²) in [6, 6.07) is 22.5. The molecule has 38 heavy (non-hydrogen) atoms. The van der Waals surface area contributed by atoms with E-state index in [2.05, 4.69) is 0 Å². The first-order valence-electron chi connectivity index (χ1n) is 17.2. The van der Waals surface area contributed by atoms with E-state index in [0.717, 1.165) is 21.8 Å². The minimum Gasteiger partial charge on any atom is -0.309 e. The summed E-state index contributed by atoms with van der Waals surface area (Å²) in [6.07, 6.45) is 0. The molecule has 0 bridgehead atoms. The van der Waals surface area contributed by atoms with Crippen molar-refractivity contribution in [1.29, 1.82) is 0 Å². The Morgan fingerprint density at radius 1 is 0.395 bits per heavy atom. The Labute approximate surface area is 234 Å². The van der Waals surface area contributed by atoms with E-state index >= 15 is 0 Å². The smallest absolute Gasteiger partial charge is 0.0652 e. The maximum atomic E-state index is 9.62.